The first-order valence-corrected chi connectivity index (χ1v) is 19.8. The van der Waals surface area contributed by atoms with Crippen molar-refractivity contribution >= 4 is 60.5 Å². The van der Waals surface area contributed by atoms with E-state index in [-0.39, 0.29) is 0 Å². The van der Waals surface area contributed by atoms with Gasteiger partial charge in [-0.15, -0.1) is 0 Å². The number of nitrogens with zero attached hydrogens (tertiary/aromatic N) is 1. The van der Waals surface area contributed by atoms with Gasteiger partial charge in [0.1, 0.15) is 11.2 Å². The molecule has 0 saturated heterocycles. The second-order valence-electron chi connectivity index (χ2n) is 14.9. The molecule has 11 aromatic rings. The predicted molar refractivity (Wildman–Crippen MR) is 245 cm³/mol. The molecule has 1 aromatic heterocycles. The molecular formula is C56H37NO. The van der Waals surface area contributed by atoms with E-state index in [4.69, 9.17) is 4.42 Å². The molecule has 1 heterocycles. The van der Waals surface area contributed by atoms with E-state index >= 15 is 0 Å². The van der Waals surface area contributed by atoms with Crippen LogP contribution in [-0.2, 0) is 0 Å². The molecule has 10 aromatic carbocycles. The molecule has 0 aliphatic carbocycles. The van der Waals surface area contributed by atoms with Crippen LogP contribution in [0.2, 0.25) is 0 Å². The van der Waals surface area contributed by atoms with Gasteiger partial charge in [0.05, 0.1) is 5.69 Å². The van der Waals surface area contributed by atoms with E-state index in [1.165, 1.54) is 43.8 Å². The van der Waals surface area contributed by atoms with Crippen LogP contribution in [0.25, 0.3) is 88.0 Å². The van der Waals surface area contributed by atoms with Gasteiger partial charge in [-0.1, -0.05) is 176 Å². The summed E-state index contributed by atoms with van der Waals surface area (Å²) in [5, 5.41) is 7.23. The van der Waals surface area contributed by atoms with Gasteiger partial charge in [-0.2, -0.15) is 0 Å². The first-order valence-electron chi connectivity index (χ1n) is 19.8. The standard InChI is InChI=1S/C56H37NO/c1-3-13-43-35-46(29-25-38(43)11-1)40-23-27-41(28-24-40)50-17-5-7-21-54(50)57(49-16-9-15-45(37-49)47-30-26-39-12-2-4-14-44(39)36-47)48-33-31-42(32-34-48)51-19-10-20-53-52-18-6-8-22-55(52)58-56(51)53/h1-37H. The van der Waals surface area contributed by atoms with Crippen molar-refractivity contribution < 1.29 is 4.42 Å². The van der Waals surface area contributed by atoms with Crippen LogP contribution in [0, 0.1) is 0 Å². The Morgan fingerprint density at radius 3 is 1.57 bits per heavy atom. The van der Waals surface area contributed by atoms with Gasteiger partial charge in [0.15, 0.2) is 0 Å². The number of hydrogen-bond acceptors (Lipinski definition) is 2. The van der Waals surface area contributed by atoms with Crippen LogP contribution in [0.5, 0.6) is 0 Å². The zero-order chi connectivity index (χ0) is 38.4. The molecular weight excluding hydrogens is 703 g/mol. The lowest BCUT2D eigenvalue weighted by molar-refractivity contribution is 0.670. The maximum absolute atomic E-state index is 6.45. The van der Waals surface area contributed by atoms with E-state index < -0.39 is 0 Å². The van der Waals surface area contributed by atoms with Crippen molar-refractivity contribution in [2.45, 2.75) is 0 Å². The largest absolute Gasteiger partial charge is 0.455 e. The third kappa shape index (κ3) is 6.00. The Labute approximate surface area is 337 Å². The summed E-state index contributed by atoms with van der Waals surface area (Å²) >= 11 is 0. The number of rotatable bonds is 7. The molecule has 0 fully saturated rings. The Balaban J connectivity index is 1.03. The van der Waals surface area contributed by atoms with Crippen LogP contribution in [0.15, 0.2) is 229 Å². The van der Waals surface area contributed by atoms with Gasteiger partial charge in [0.2, 0.25) is 0 Å². The summed E-state index contributed by atoms with van der Waals surface area (Å²) in [7, 11) is 0. The summed E-state index contributed by atoms with van der Waals surface area (Å²) in [6.07, 6.45) is 0. The van der Waals surface area contributed by atoms with Crippen molar-refractivity contribution in [1.29, 1.82) is 0 Å². The average Bonchev–Trinajstić information content (AvgIpc) is 3.69. The Morgan fingerprint density at radius 2 is 0.810 bits per heavy atom. The van der Waals surface area contributed by atoms with Gasteiger partial charge >= 0.3 is 0 Å². The zero-order valence-corrected chi connectivity index (χ0v) is 31.7. The van der Waals surface area contributed by atoms with Gasteiger partial charge in [-0.25, -0.2) is 0 Å². The van der Waals surface area contributed by atoms with Crippen molar-refractivity contribution in [1.82, 2.24) is 0 Å². The molecule has 2 nitrogen and oxygen atoms in total. The summed E-state index contributed by atoms with van der Waals surface area (Å²) in [5.74, 6) is 0. The third-order valence-corrected chi connectivity index (χ3v) is 11.5. The lowest BCUT2D eigenvalue weighted by Gasteiger charge is -2.28. The molecule has 0 radical (unpaired) electrons. The zero-order valence-electron chi connectivity index (χ0n) is 31.7. The summed E-state index contributed by atoms with van der Waals surface area (Å²) < 4.78 is 6.45. The van der Waals surface area contributed by atoms with Gasteiger partial charge in [0, 0.05) is 33.3 Å². The number of fused-ring (bicyclic) bond motifs is 5. The molecule has 11 rings (SSSR count). The molecule has 0 spiro atoms. The minimum atomic E-state index is 0.904. The van der Waals surface area contributed by atoms with Crippen LogP contribution in [0.1, 0.15) is 0 Å². The highest BCUT2D eigenvalue weighted by Crippen LogP contribution is 2.44. The highest BCUT2D eigenvalue weighted by atomic mass is 16.3. The van der Waals surface area contributed by atoms with Crippen molar-refractivity contribution in [2.24, 2.45) is 0 Å². The van der Waals surface area contributed by atoms with Crippen LogP contribution in [0.3, 0.4) is 0 Å². The van der Waals surface area contributed by atoms with Gasteiger partial charge in [-0.05, 0) is 103 Å². The molecule has 0 bridgehead atoms. The molecule has 0 N–H and O–H groups in total. The van der Waals surface area contributed by atoms with Gasteiger partial charge in [0.25, 0.3) is 0 Å². The maximum Gasteiger partial charge on any atom is 0.143 e. The summed E-state index contributed by atoms with van der Waals surface area (Å²) in [6, 6.07) is 80.8. The Kier molecular flexibility index (Phi) is 8.19. The van der Waals surface area contributed by atoms with Crippen molar-refractivity contribution in [3.05, 3.63) is 224 Å². The second-order valence-corrected chi connectivity index (χ2v) is 14.9. The maximum atomic E-state index is 6.45. The topological polar surface area (TPSA) is 16.4 Å². The first-order chi connectivity index (χ1) is 28.7. The Bertz CT molecular complexity index is 3280. The van der Waals surface area contributed by atoms with E-state index in [1.807, 2.05) is 12.1 Å². The normalized spacial score (nSPS) is 11.4. The molecule has 2 heteroatoms. The summed E-state index contributed by atoms with van der Waals surface area (Å²) in [5.41, 5.74) is 14.3. The van der Waals surface area contributed by atoms with Crippen molar-refractivity contribution in [3.63, 3.8) is 0 Å². The third-order valence-electron chi connectivity index (χ3n) is 11.5. The number of furan rings is 1. The van der Waals surface area contributed by atoms with E-state index in [0.717, 1.165) is 61.3 Å². The monoisotopic (exact) mass is 739 g/mol. The number of para-hydroxylation sites is 3. The Morgan fingerprint density at radius 1 is 0.293 bits per heavy atom. The number of benzene rings is 10. The Hall–Kier alpha value is -7.68. The molecule has 58 heavy (non-hydrogen) atoms. The average molecular weight is 740 g/mol. The van der Waals surface area contributed by atoms with E-state index in [0.29, 0.717) is 0 Å². The lowest BCUT2D eigenvalue weighted by atomic mass is 9.96. The second kappa shape index (κ2) is 14.1. The van der Waals surface area contributed by atoms with Crippen LogP contribution in [-0.4, -0.2) is 0 Å². The predicted octanol–water partition coefficient (Wildman–Crippen LogP) is 16.0. The van der Waals surface area contributed by atoms with Crippen molar-refractivity contribution in [3.8, 4) is 44.5 Å². The quantitative estimate of drug-likeness (QED) is 0.162. The van der Waals surface area contributed by atoms with Gasteiger partial charge < -0.3 is 9.32 Å². The van der Waals surface area contributed by atoms with E-state index in [1.54, 1.807) is 0 Å². The fraction of sp³-hybridized carbons (Fsp3) is 0. The first kappa shape index (κ1) is 33.6. The van der Waals surface area contributed by atoms with E-state index in [2.05, 4.69) is 217 Å². The fourth-order valence-electron chi connectivity index (χ4n) is 8.51. The molecule has 0 atom stereocenters. The highest BCUT2D eigenvalue weighted by Gasteiger charge is 2.19. The highest BCUT2D eigenvalue weighted by molar-refractivity contribution is 6.09. The van der Waals surface area contributed by atoms with E-state index in [9.17, 15) is 0 Å². The SMILES string of the molecule is c1cc(-c2ccc3ccccc3c2)cc(N(c2ccc(-c3cccc4c3oc3ccccc34)cc2)c2ccccc2-c2ccc(-c3ccc4ccccc4c3)cc2)c1. The van der Waals surface area contributed by atoms with Crippen molar-refractivity contribution in [2.75, 3.05) is 4.90 Å². The molecule has 0 aliphatic heterocycles. The van der Waals surface area contributed by atoms with Crippen LogP contribution in [0.4, 0.5) is 17.1 Å². The number of anilines is 3. The van der Waals surface area contributed by atoms with Crippen LogP contribution >= 0.6 is 0 Å². The molecule has 0 unspecified atom stereocenters. The molecule has 0 aliphatic rings. The minimum Gasteiger partial charge on any atom is -0.455 e. The summed E-state index contributed by atoms with van der Waals surface area (Å²) in [4.78, 5) is 2.39. The molecule has 0 saturated carbocycles. The smallest absolute Gasteiger partial charge is 0.143 e. The van der Waals surface area contributed by atoms with Crippen LogP contribution < -0.4 is 4.90 Å². The van der Waals surface area contributed by atoms with Gasteiger partial charge in [-0.3, -0.25) is 0 Å². The summed E-state index contributed by atoms with van der Waals surface area (Å²) in [6.45, 7) is 0. The minimum absolute atomic E-state index is 0.904. The molecule has 272 valence electrons. The lowest BCUT2D eigenvalue weighted by Crippen LogP contribution is -2.11. The fourth-order valence-corrected chi connectivity index (χ4v) is 8.51. The number of hydrogen-bond donors (Lipinski definition) is 0. The molecule has 0 amide bonds.